The minimum Gasteiger partial charge on any atom is -0.335 e. The third-order valence-electron chi connectivity index (χ3n) is 4.03. The second-order valence-electron chi connectivity index (χ2n) is 5.35. The average molecular weight is 248 g/mol. The second kappa shape index (κ2) is 5.00. The lowest BCUT2D eigenvalue weighted by Gasteiger charge is -2.40. The SMILES string of the molecule is O=C(NC1CCCCC1)N1CC(n2ccnc2)C1. The van der Waals surface area contributed by atoms with Gasteiger partial charge in [0, 0.05) is 31.5 Å². The van der Waals surface area contributed by atoms with Crippen LogP contribution in [0.3, 0.4) is 0 Å². The quantitative estimate of drug-likeness (QED) is 0.867. The van der Waals surface area contributed by atoms with Gasteiger partial charge >= 0.3 is 6.03 Å². The Balaban J connectivity index is 1.45. The fraction of sp³-hybridized carbons (Fsp3) is 0.692. The van der Waals surface area contributed by atoms with Gasteiger partial charge in [-0.15, -0.1) is 0 Å². The van der Waals surface area contributed by atoms with Gasteiger partial charge in [-0.2, -0.15) is 0 Å². The zero-order valence-corrected chi connectivity index (χ0v) is 10.6. The summed E-state index contributed by atoms with van der Waals surface area (Å²) in [6, 6.07) is 0.918. The van der Waals surface area contributed by atoms with Crippen molar-refractivity contribution < 1.29 is 4.79 Å². The van der Waals surface area contributed by atoms with Gasteiger partial charge in [0.1, 0.15) is 0 Å². The summed E-state index contributed by atoms with van der Waals surface area (Å²) in [7, 11) is 0. The van der Waals surface area contributed by atoms with Crippen LogP contribution in [0, 0.1) is 0 Å². The molecule has 2 heterocycles. The zero-order chi connectivity index (χ0) is 12.4. The number of carbonyl (C=O) groups is 1. The molecule has 0 aromatic carbocycles. The first kappa shape index (κ1) is 11.6. The minimum atomic E-state index is 0.110. The molecule has 2 amide bonds. The molecular weight excluding hydrogens is 228 g/mol. The van der Waals surface area contributed by atoms with Crippen molar-refractivity contribution in [3.05, 3.63) is 18.7 Å². The first-order valence-electron chi connectivity index (χ1n) is 6.86. The van der Waals surface area contributed by atoms with E-state index in [0.29, 0.717) is 12.1 Å². The van der Waals surface area contributed by atoms with E-state index in [1.54, 1.807) is 6.20 Å². The summed E-state index contributed by atoms with van der Waals surface area (Å²) in [4.78, 5) is 17.9. The molecule has 2 fully saturated rings. The van der Waals surface area contributed by atoms with Gasteiger partial charge in [-0.3, -0.25) is 0 Å². The highest BCUT2D eigenvalue weighted by Gasteiger charge is 2.32. The molecule has 3 rings (SSSR count). The van der Waals surface area contributed by atoms with E-state index < -0.39 is 0 Å². The summed E-state index contributed by atoms with van der Waals surface area (Å²) in [6.45, 7) is 1.60. The van der Waals surface area contributed by atoms with E-state index >= 15 is 0 Å². The van der Waals surface area contributed by atoms with Crippen molar-refractivity contribution in [2.45, 2.75) is 44.2 Å². The van der Waals surface area contributed by atoms with Crippen LogP contribution in [0.4, 0.5) is 4.79 Å². The molecule has 1 saturated carbocycles. The number of hydrogen-bond acceptors (Lipinski definition) is 2. The number of carbonyl (C=O) groups excluding carboxylic acids is 1. The molecule has 18 heavy (non-hydrogen) atoms. The van der Waals surface area contributed by atoms with Crippen LogP contribution in [0.2, 0.25) is 0 Å². The Morgan fingerprint density at radius 1 is 1.22 bits per heavy atom. The first-order valence-corrected chi connectivity index (χ1v) is 6.86. The second-order valence-corrected chi connectivity index (χ2v) is 5.35. The van der Waals surface area contributed by atoms with Crippen molar-refractivity contribution in [2.75, 3.05) is 13.1 Å². The van der Waals surface area contributed by atoms with Crippen molar-refractivity contribution in [3.8, 4) is 0 Å². The Morgan fingerprint density at radius 2 is 2.00 bits per heavy atom. The predicted octanol–water partition coefficient (Wildman–Crippen LogP) is 1.78. The van der Waals surface area contributed by atoms with Crippen LogP contribution in [-0.4, -0.2) is 39.6 Å². The van der Waals surface area contributed by atoms with Crippen LogP contribution in [0.15, 0.2) is 18.7 Å². The maximum Gasteiger partial charge on any atom is 0.317 e. The van der Waals surface area contributed by atoms with E-state index in [1.807, 2.05) is 17.4 Å². The predicted molar refractivity (Wildman–Crippen MR) is 68.2 cm³/mol. The Morgan fingerprint density at radius 3 is 2.67 bits per heavy atom. The van der Waals surface area contributed by atoms with Gasteiger partial charge in [0.15, 0.2) is 0 Å². The number of rotatable bonds is 2. The summed E-state index contributed by atoms with van der Waals surface area (Å²) in [5.41, 5.74) is 0. The summed E-state index contributed by atoms with van der Waals surface area (Å²) >= 11 is 0. The van der Waals surface area contributed by atoms with Crippen LogP contribution >= 0.6 is 0 Å². The van der Waals surface area contributed by atoms with Crippen molar-refractivity contribution >= 4 is 6.03 Å². The number of nitrogens with one attached hydrogen (secondary N) is 1. The van der Waals surface area contributed by atoms with Crippen LogP contribution in [0.5, 0.6) is 0 Å². The summed E-state index contributed by atoms with van der Waals surface area (Å²) in [6.07, 6.45) is 11.7. The Hall–Kier alpha value is -1.52. The molecule has 0 radical (unpaired) electrons. The van der Waals surface area contributed by atoms with Gasteiger partial charge in [0.2, 0.25) is 0 Å². The zero-order valence-electron chi connectivity index (χ0n) is 10.6. The summed E-state index contributed by atoms with van der Waals surface area (Å²) < 4.78 is 2.07. The van der Waals surface area contributed by atoms with Crippen LogP contribution in [0.1, 0.15) is 38.1 Å². The lowest BCUT2D eigenvalue weighted by Crippen LogP contribution is -2.55. The van der Waals surface area contributed by atoms with Gasteiger partial charge in [-0.25, -0.2) is 9.78 Å². The minimum absolute atomic E-state index is 0.110. The standard InChI is InChI=1S/C13H20N4O/c18-13(15-11-4-2-1-3-5-11)17-8-12(9-17)16-7-6-14-10-16/h6-7,10-12H,1-5,8-9H2,(H,15,18). The first-order chi connectivity index (χ1) is 8.83. The smallest absolute Gasteiger partial charge is 0.317 e. The molecule has 0 bridgehead atoms. The molecule has 1 saturated heterocycles. The molecule has 0 unspecified atom stereocenters. The fourth-order valence-electron chi connectivity index (χ4n) is 2.81. The van der Waals surface area contributed by atoms with E-state index in [4.69, 9.17) is 0 Å². The number of urea groups is 1. The number of nitrogens with zero attached hydrogens (tertiary/aromatic N) is 3. The van der Waals surface area contributed by atoms with E-state index in [1.165, 1.54) is 19.3 Å². The maximum absolute atomic E-state index is 12.0. The summed E-state index contributed by atoms with van der Waals surface area (Å²) in [5.74, 6) is 0. The third-order valence-corrected chi connectivity index (χ3v) is 4.03. The molecule has 0 spiro atoms. The van der Waals surface area contributed by atoms with Crippen molar-refractivity contribution in [1.29, 1.82) is 0 Å². The summed E-state index contributed by atoms with van der Waals surface area (Å²) in [5, 5.41) is 3.15. The monoisotopic (exact) mass is 248 g/mol. The molecule has 5 heteroatoms. The molecular formula is C13H20N4O. The third kappa shape index (κ3) is 2.35. The average Bonchev–Trinajstić information content (AvgIpc) is 2.82. The van der Waals surface area contributed by atoms with Crippen molar-refractivity contribution in [1.82, 2.24) is 19.8 Å². The molecule has 1 aromatic rings. The number of likely N-dealkylation sites (tertiary alicyclic amines) is 1. The van der Waals surface area contributed by atoms with E-state index in [2.05, 4.69) is 14.9 Å². The highest BCUT2D eigenvalue weighted by molar-refractivity contribution is 5.75. The topological polar surface area (TPSA) is 50.2 Å². The van der Waals surface area contributed by atoms with Gasteiger partial charge < -0.3 is 14.8 Å². The lowest BCUT2D eigenvalue weighted by atomic mass is 9.95. The van der Waals surface area contributed by atoms with Crippen molar-refractivity contribution in [3.63, 3.8) is 0 Å². The molecule has 5 nitrogen and oxygen atoms in total. The number of imidazole rings is 1. The van der Waals surface area contributed by atoms with Crippen LogP contribution in [0.25, 0.3) is 0 Å². The van der Waals surface area contributed by atoms with Gasteiger partial charge in [-0.05, 0) is 12.8 Å². The van der Waals surface area contributed by atoms with Gasteiger partial charge in [0.25, 0.3) is 0 Å². The van der Waals surface area contributed by atoms with E-state index in [9.17, 15) is 4.79 Å². The van der Waals surface area contributed by atoms with E-state index in [-0.39, 0.29) is 6.03 Å². The van der Waals surface area contributed by atoms with Crippen molar-refractivity contribution in [2.24, 2.45) is 0 Å². The molecule has 1 aliphatic heterocycles. The van der Waals surface area contributed by atoms with Gasteiger partial charge in [-0.1, -0.05) is 19.3 Å². The lowest BCUT2D eigenvalue weighted by molar-refractivity contribution is 0.120. The van der Waals surface area contributed by atoms with E-state index in [0.717, 1.165) is 25.9 Å². The molecule has 2 aliphatic rings. The van der Waals surface area contributed by atoms with Gasteiger partial charge in [0.05, 0.1) is 12.4 Å². The number of aromatic nitrogens is 2. The normalized spacial score (nSPS) is 21.7. The highest BCUT2D eigenvalue weighted by Crippen LogP contribution is 2.22. The fourth-order valence-corrected chi connectivity index (χ4v) is 2.81. The molecule has 98 valence electrons. The number of hydrogen-bond donors (Lipinski definition) is 1. The Kier molecular flexibility index (Phi) is 3.21. The Bertz CT molecular complexity index is 391. The molecule has 1 aliphatic carbocycles. The highest BCUT2D eigenvalue weighted by atomic mass is 16.2. The van der Waals surface area contributed by atoms with Crippen LogP contribution < -0.4 is 5.32 Å². The number of amides is 2. The van der Waals surface area contributed by atoms with Crippen LogP contribution in [-0.2, 0) is 0 Å². The molecule has 0 atom stereocenters. The molecule has 1 aromatic heterocycles. The largest absolute Gasteiger partial charge is 0.335 e. The molecule has 1 N–H and O–H groups in total. The Labute approximate surface area is 107 Å². The maximum atomic E-state index is 12.0.